The van der Waals surface area contributed by atoms with Gasteiger partial charge in [-0.3, -0.25) is 9.48 Å². The summed E-state index contributed by atoms with van der Waals surface area (Å²) in [4.78, 5) is 12.0. The summed E-state index contributed by atoms with van der Waals surface area (Å²) < 4.78 is 1.71. The second-order valence-electron chi connectivity index (χ2n) is 5.04. The van der Waals surface area contributed by atoms with Crippen molar-refractivity contribution in [2.24, 2.45) is 7.05 Å². The summed E-state index contributed by atoms with van der Waals surface area (Å²) in [6.07, 6.45) is 3.91. The Morgan fingerprint density at radius 3 is 3.00 bits per heavy atom. The molecule has 5 nitrogen and oxygen atoms in total. The van der Waals surface area contributed by atoms with Crippen LogP contribution in [0.1, 0.15) is 35.8 Å². The van der Waals surface area contributed by atoms with Crippen molar-refractivity contribution in [2.75, 3.05) is 13.1 Å². The number of aromatic nitrogens is 2. The van der Waals surface area contributed by atoms with Gasteiger partial charge < -0.3 is 10.6 Å². The van der Waals surface area contributed by atoms with Crippen LogP contribution in [0.25, 0.3) is 0 Å². The lowest BCUT2D eigenvalue weighted by molar-refractivity contribution is 0.0942. The molecule has 1 aromatic rings. The summed E-state index contributed by atoms with van der Waals surface area (Å²) in [6.45, 7) is 5.76. The number of hydrogen-bond acceptors (Lipinski definition) is 3. The van der Waals surface area contributed by atoms with E-state index in [2.05, 4.69) is 22.7 Å². The molecule has 1 fully saturated rings. The van der Waals surface area contributed by atoms with E-state index in [1.807, 2.05) is 14.0 Å². The number of nitrogens with one attached hydrogen (secondary N) is 2. The molecule has 0 saturated carbocycles. The Balaban J connectivity index is 1.96. The molecular weight excluding hydrogens is 216 g/mol. The predicted molar refractivity (Wildman–Crippen MR) is 65.9 cm³/mol. The summed E-state index contributed by atoms with van der Waals surface area (Å²) in [6, 6.07) is 0. The third kappa shape index (κ3) is 2.49. The molecule has 0 radical (unpaired) electrons. The largest absolute Gasteiger partial charge is 0.350 e. The van der Waals surface area contributed by atoms with Gasteiger partial charge in [0.15, 0.2) is 0 Å². The van der Waals surface area contributed by atoms with Crippen LogP contribution in [0.4, 0.5) is 0 Å². The Hall–Kier alpha value is -1.36. The molecule has 1 amide bonds. The van der Waals surface area contributed by atoms with E-state index in [1.54, 1.807) is 10.9 Å². The highest BCUT2D eigenvalue weighted by Gasteiger charge is 2.28. The van der Waals surface area contributed by atoms with E-state index in [0.717, 1.165) is 18.7 Å². The minimum atomic E-state index is -0.0366. The lowest BCUT2D eigenvalue weighted by atomic mass is 10.0. The molecule has 5 heteroatoms. The Morgan fingerprint density at radius 1 is 1.71 bits per heavy atom. The van der Waals surface area contributed by atoms with Gasteiger partial charge in [-0.05, 0) is 33.2 Å². The Bertz CT molecular complexity index is 418. The molecule has 2 N–H and O–H groups in total. The fourth-order valence-corrected chi connectivity index (χ4v) is 2.20. The zero-order chi connectivity index (χ0) is 12.5. The normalized spacial score (nSPS) is 23.9. The SMILES string of the molecule is Cc1c(C(=O)NCC2(C)CCCN2)cnn1C. The van der Waals surface area contributed by atoms with Crippen LogP contribution >= 0.6 is 0 Å². The molecule has 1 aliphatic heterocycles. The van der Waals surface area contributed by atoms with Crippen LogP contribution in [0.3, 0.4) is 0 Å². The van der Waals surface area contributed by atoms with Gasteiger partial charge >= 0.3 is 0 Å². The van der Waals surface area contributed by atoms with Crippen molar-refractivity contribution in [1.29, 1.82) is 0 Å². The lowest BCUT2D eigenvalue weighted by Gasteiger charge is -2.24. The molecular formula is C12H20N4O. The van der Waals surface area contributed by atoms with Gasteiger partial charge in [0.2, 0.25) is 0 Å². The minimum absolute atomic E-state index is 0.0366. The van der Waals surface area contributed by atoms with E-state index in [1.165, 1.54) is 6.42 Å². The average molecular weight is 236 g/mol. The van der Waals surface area contributed by atoms with E-state index < -0.39 is 0 Å². The van der Waals surface area contributed by atoms with Crippen molar-refractivity contribution in [2.45, 2.75) is 32.2 Å². The summed E-state index contributed by atoms with van der Waals surface area (Å²) >= 11 is 0. The van der Waals surface area contributed by atoms with Crippen molar-refractivity contribution in [3.05, 3.63) is 17.5 Å². The van der Waals surface area contributed by atoms with Gasteiger partial charge in [0.05, 0.1) is 11.8 Å². The molecule has 1 unspecified atom stereocenters. The number of carbonyl (C=O) groups excluding carboxylic acids is 1. The highest BCUT2D eigenvalue weighted by Crippen LogP contribution is 2.17. The van der Waals surface area contributed by atoms with Gasteiger partial charge in [0.1, 0.15) is 0 Å². The zero-order valence-corrected chi connectivity index (χ0v) is 10.7. The van der Waals surface area contributed by atoms with Gasteiger partial charge in [-0.2, -0.15) is 5.10 Å². The lowest BCUT2D eigenvalue weighted by Crippen LogP contribution is -2.47. The molecule has 2 heterocycles. The van der Waals surface area contributed by atoms with Gasteiger partial charge in [0, 0.05) is 24.8 Å². The summed E-state index contributed by atoms with van der Waals surface area (Å²) in [5.41, 5.74) is 1.60. The number of hydrogen-bond donors (Lipinski definition) is 2. The van der Waals surface area contributed by atoms with Crippen molar-refractivity contribution in [1.82, 2.24) is 20.4 Å². The fraction of sp³-hybridized carbons (Fsp3) is 0.667. The van der Waals surface area contributed by atoms with Crippen LogP contribution in [0, 0.1) is 6.92 Å². The molecule has 0 spiro atoms. The van der Waals surface area contributed by atoms with Crippen LogP contribution in [-0.4, -0.2) is 34.3 Å². The monoisotopic (exact) mass is 236 g/mol. The van der Waals surface area contributed by atoms with Crippen LogP contribution in [0.5, 0.6) is 0 Å². The molecule has 2 rings (SSSR count). The van der Waals surface area contributed by atoms with Crippen LogP contribution < -0.4 is 10.6 Å². The third-order valence-electron chi connectivity index (χ3n) is 3.58. The first-order valence-corrected chi connectivity index (χ1v) is 6.04. The maximum Gasteiger partial charge on any atom is 0.254 e. The number of rotatable bonds is 3. The molecule has 0 aliphatic carbocycles. The molecule has 1 aromatic heterocycles. The number of carbonyl (C=O) groups is 1. The van der Waals surface area contributed by atoms with Crippen LogP contribution in [-0.2, 0) is 7.05 Å². The molecule has 17 heavy (non-hydrogen) atoms. The van der Waals surface area contributed by atoms with E-state index in [-0.39, 0.29) is 11.4 Å². The van der Waals surface area contributed by atoms with Crippen molar-refractivity contribution in [3.8, 4) is 0 Å². The standard InChI is InChI=1S/C12H20N4O/c1-9-10(7-15-16(9)3)11(17)13-8-12(2)5-4-6-14-12/h7,14H,4-6,8H2,1-3H3,(H,13,17). The smallest absolute Gasteiger partial charge is 0.254 e. The van der Waals surface area contributed by atoms with Crippen molar-refractivity contribution in [3.63, 3.8) is 0 Å². The van der Waals surface area contributed by atoms with E-state index >= 15 is 0 Å². The Kier molecular flexibility index (Phi) is 3.19. The quantitative estimate of drug-likeness (QED) is 0.808. The molecule has 1 aliphatic rings. The average Bonchev–Trinajstić information content (AvgIpc) is 2.86. The maximum absolute atomic E-state index is 12.0. The molecule has 0 bridgehead atoms. The van der Waals surface area contributed by atoms with Crippen molar-refractivity contribution >= 4 is 5.91 Å². The van der Waals surface area contributed by atoms with E-state index in [0.29, 0.717) is 12.1 Å². The first-order valence-electron chi connectivity index (χ1n) is 6.04. The molecule has 1 atom stereocenters. The Morgan fingerprint density at radius 2 is 2.47 bits per heavy atom. The predicted octanol–water partition coefficient (Wildman–Crippen LogP) is 0.600. The van der Waals surface area contributed by atoms with Gasteiger partial charge in [-0.15, -0.1) is 0 Å². The first kappa shape index (κ1) is 12.1. The van der Waals surface area contributed by atoms with E-state index in [9.17, 15) is 4.79 Å². The third-order valence-corrected chi connectivity index (χ3v) is 3.58. The first-order chi connectivity index (χ1) is 8.02. The zero-order valence-electron chi connectivity index (χ0n) is 10.7. The Labute approximate surface area is 102 Å². The van der Waals surface area contributed by atoms with Gasteiger partial charge in [-0.25, -0.2) is 0 Å². The molecule has 1 saturated heterocycles. The fourth-order valence-electron chi connectivity index (χ4n) is 2.20. The van der Waals surface area contributed by atoms with Crippen LogP contribution in [0.15, 0.2) is 6.20 Å². The highest BCUT2D eigenvalue weighted by atomic mass is 16.1. The second-order valence-corrected chi connectivity index (χ2v) is 5.04. The minimum Gasteiger partial charge on any atom is -0.350 e. The summed E-state index contributed by atoms with van der Waals surface area (Å²) in [7, 11) is 1.84. The highest BCUT2D eigenvalue weighted by molar-refractivity contribution is 5.95. The number of nitrogens with zero attached hydrogens (tertiary/aromatic N) is 2. The molecule has 94 valence electrons. The summed E-state index contributed by atoms with van der Waals surface area (Å²) in [5, 5.41) is 10.5. The van der Waals surface area contributed by atoms with E-state index in [4.69, 9.17) is 0 Å². The van der Waals surface area contributed by atoms with Crippen molar-refractivity contribution < 1.29 is 4.79 Å². The number of aryl methyl sites for hydroxylation is 1. The maximum atomic E-state index is 12.0. The summed E-state index contributed by atoms with van der Waals surface area (Å²) in [5.74, 6) is -0.0366. The van der Waals surface area contributed by atoms with Gasteiger partial charge in [0.25, 0.3) is 5.91 Å². The second kappa shape index (κ2) is 4.49. The van der Waals surface area contributed by atoms with Gasteiger partial charge in [-0.1, -0.05) is 0 Å². The number of amides is 1. The molecule has 0 aromatic carbocycles. The topological polar surface area (TPSA) is 59.0 Å². The van der Waals surface area contributed by atoms with Crippen LogP contribution in [0.2, 0.25) is 0 Å².